The van der Waals surface area contributed by atoms with E-state index in [0.717, 1.165) is 14.2 Å². The summed E-state index contributed by atoms with van der Waals surface area (Å²) < 4.78 is 1.05. The first kappa shape index (κ1) is 13.1. The highest BCUT2D eigenvalue weighted by Crippen LogP contribution is 2.29. The van der Waals surface area contributed by atoms with Crippen LogP contribution in [0.3, 0.4) is 0 Å². The highest BCUT2D eigenvalue weighted by molar-refractivity contribution is 9.11. The number of hydrogen-bond acceptors (Lipinski definition) is 2. The molecule has 0 bridgehead atoms. The molecule has 0 spiro atoms. The van der Waals surface area contributed by atoms with E-state index in [1.807, 2.05) is 13.0 Å². The van der Waals surface area contributed by atoms with Crippen molar-refractivity contribution >= 4 is 33.2 Å². The minimum Gasteiger partial charge on any atom is -0.349 e. The predicted molar refractivity (Wildman–Crippen MR) is 75.6 cm³/mol. The van der Waals surface area contributed by atoms with Crippen LogP contribution < -0.4 is 5.32 Å². The normalized spacial score (nSPS) is 18.3. The third-order valence-electron chi connectivity index (χ3n) is 3.55. The average Bonchev–Trinajstić information content (AvgIpc) is 2.89. The Morgan fingerprint density at radius 3 is 2.71 bits per heavy atom. The van der Waals surface area contributed by atoms with E-state index in [9.17, 15) is 4.79 Å². The molecule has 1 unspecified atom stereocenters. The summed E-state index contributed by atoms with van der Waals surface area (Å²) in [4.78, 5) is 12.9. The molecule has 2 rings (SSSR count). The minimum atomic E-state index is 0.0724. The van der Waals surface area contributed by atoms with Crippen LogP contribution in [0, 0.1) is 12.8 Å². The van der Waals surface area contributed by atoms with Crippen molar-refractivity contribution in [2.75, 3.05) is 0 Å². The summed E-state index contributed by atoms with van der Waals surface area (Å²) in [6.45, 7) is 4.14. The van der Waals surface area contributed by atoms with Crippen molar-refractivity contribution in [2.24, 2.45) is 5.92 Å². The molecule has 1 aromatic rings. The summed E-state index contributed by atoms with van der Waals surface area (Å²) in [6, 6.07) is 2.25. The number of aryl methyl sites for hydroxylation is 1. The Morgan fingerprint density at radius 1 is 1.53 bits per heavy atom. The Bertz CT molecular complexity index is 390. The van der Waals surface area contributed by atoms with Gasteiger partial charge in [-0.3, -0.25) is 4.79 Å². The van der Waals surface area contributed by atoms with Crippen molar-refractivity contribution in [3.05, 3.63) is 20.3 Å². The number of amides is 1. The predicted octanol–water partition coefficient (Wildman–Crippen LogP) is 4.13. The largest absolute Gasteiger partial charge is 0.349 e. The molecule has 1 aromatic heterocycles. The summed E-state index contributed by atoms with van der Waals surface area (Å²) in [6.07, 6.45) is 5.15. The molecule has 0 aliphatic heterocycles. The number of carbonyl (C=O) groups is 1. The van der Waals surface area contributed by atoms with Gasteiger partial charge in [-0.25, -0.2) is 0 Å². The Kier molecular flexibility index (Phi) is 4.26. The third kappa shape index (κ3) is 3.10. The van der Waals surface area contributed by atoms with Crippen molar-refractivity contribution < 1.29 is 4.79 Å². The maximum Gasteiger partial charge on any atom is 0.261 e. The molecule has 4 heteroatoms. The van der Waals surface area contributed by atoms with E-state index in [1.54, 1.807) is 0 Å². The summed E-state index contributed by atoms with van der Waals surface area (Å²) in [5.74, 6) is 0.742. The summed E-state index contributed by atoms with van der Waals surface area (Å²) >= 11 is 4.97. The Morgan fingerprint density at radius 2 is 2.18 bits per heavy atom. The SMILES string of the molecule is Cc1cc(C(=O)NC(C)C2CCCC2)sc1Br. The first-order valence-electron chi connectivity index (χ1n) is 6.14. The number of halogens is 1. The standard InChI is InChI=1S/C13H18BrNOS/c1-8-7-11(17-12(8)14)13(16)15-9(2)10-5-3-4-6-10/h7,9-10H,3-6H2,1-2H3,(H,15,16). The second-order valence-electron chi connectivity index (χ2n) is 4.87. The molecule has 1 aliphatic rings. The molecule has 17 heavy (non-hydrogen) atoms. The molecule has 1 fully saturated rings. The van der Waals surface area contributed by atoms with Crippen LogP contribution in [-0.4, -0.2) is 11.9 Å². The van der Waals surface area contributed by atoms with E-state index in [1.165, 1.54) is 37.0 Å². The fraction of sp³-hybridized carbons (Fsp3) is 0.615. The first-order valence-corrected chi connectivity index (χ1v) is 7.75. The molecule has 1 atom stereocenters. The van der Waals surface area contributed by atoms with Gasteiger partial charge in [0, 0.05) is 6.04 Å². The van der Waals surface area contributed by atoms with Crippen LogP contribution >= 0.6 is 27.3 Å². The van der Waals surface area contributed by atoms with Crippen molar-refractivity contribution in [3.63, 3.8) is 0 Å². The number of rotatable bonds is 3. The zero-order valence-electron chi connectivity index (χ0n) is 10.3. The quantitative estimate of drug-likeness (QED) is 0.892. The van der Waals surface area contributed by atoms with Crippen LogP contribution in [0.4, 0.5) is 0 Å². The molecule has 0 saturated heterocycles. The molecular formula is C13H18BrNOS. The van der Waals surface area contributed by atoms with Crippen molar-refractivity contribution in [3.8, 4) is 0 Å². The van der Waals surface area contributed by atoms with Gasteiger partial charge in [0.1, 0.15) is 0 Å². The van der Waals surface area contributed by atoms with Gasteiger partial charge in [-0.1, -0.05) is 12.8 Å². The lowest BCUT2D eigenvalue weighted by molar-refractivity contribution is 0.0931. The second-order valence-corrected chi connectivity index (χ2v) is 7.24. The third-order valence-corrected chi connectivity index (χ3v) is 5.68. The molecule has 94 valence electrons. The number of nitrogens with one attached hydrogen (secondary N) is 1. The maximum absolute atomic E-state index is 12.1. The summed E-state index contributed by atoms with van der Waals surface area (Å²) in [5.41, 5.74) is 1.13. The van der Waals surface area contributed by atoms with Gasteiger partial charge in [0.05, 0.1) is 8.66 Å². The lowest BCUT2D eigenvalue weighted by Gasteiger charge is -2.19. The molecular weight excluding hydrogens is 298 g/mol. The van der Waals surface area contributed by atoms with Crippen molar-refractivity contribution in [1.29, 1.82) is 0 Å². The molecule has 1 N–H and O–H groups in total. The molecule has 1 amide bonds. The van der Waals surface area contributed by atoms with Crippen molar-refractivity contribution in [1.82, 2.24) is 5.32 Å². The maximum atomic E-state index is 12.1. The lowest BCUT2D eigenvalue weighted by atomic mass is 10.00. The van der Waals surface area contributed by atoms with E-state index in [4.69, 9.17) is 0 Å². The van der Waals surface area contributed by atoms with E-state index in [0.29, 0.717) is 12.0 Å². The second kappa shape index (κ2) is 5.53. The van der Waals surface area contributed by atoms with Crippen LogP contribution in [0.25, 0.3) is 0 Å². The van der Waals surface area contributed by atoms with Gasteiger partial charge in [-0.2, -0.15) is 0 Å². The van der Waals surface area contributed by atoms with Gasteiger partial charge >= 0.3 is 0 Å². The van der Waals surface area contributed by atoms with Gasteiger partial charge in [0.25, 0.3) is 5.91 Å². The molecule has 1 heterocycles. The van der Waals surface area contributed by atoms with Crippen LogP contribution in [-0.2, 0) is 0 Å². The zero-order valence-corrected chi connectivity index (χ0v) is 12.7. The summed E-state index contributed by atoms with van der Waals surface area (Å²) in [5, 5.41) is 3.13. The monoisotopic (exact) mass is 315 g/mol. The number of hydrogen-bond donors (Lipinski definition) is 1. The Balaban J connectivity index is 1.96. The van der Waals surface area contributed by atoms with Crippen LogP contribution in [0.2, 0.25) is 0 Å². The minimum absolute atomic E-state index is 0.0724. The summed E-state index contributed by atoms with van der Waals surface area (Å²) in [7, 11) is 0. The highest BCUT2D eigenvalue weighted by Gasteiger charge is 2.23. The first-order chi connectivity index (χ1) is 8.08. The topological polar surface area (TPSA) is 29.1 Å². The van der Waals surface area contributed by atoms with E-state index < -0.39 is 0 Å². The molecule has 0 radical (unpaired) electrons. The lowest BCUT2D eigenvalue weighted by Crippen LogP contribution is -2.36. The fourth-order valence-electron chi connectivity index (χ4n) is 2.42. The molecule has 0 aromatic carbocycles. The van der Waals surface area contributed by atoms with E-state index in [-0.39, 0.29) is 5.91 Å². The Labute approximate surface area is 115 Å². The van der Waals surface area contributed by atoms with Crippen LogP contribution in [0.5, 0.6) is 0 Å². The fourth-order valence-corrected chi connectivity index (χ4v) is 3.86. The zero-order chi connectivity index (χ0) is 12.4. The van der Waals surface area contributed by atoms with Gasteiger partial charge in [0.15, 0.2) is 0 Å². The van der Waals surface area contributed by atoms with Crippen molar-refractivity contribution in [2.45, 2.75) is 45.6 Å². The van der Waals surface area contributed by atoms with Gasteiger partial charge in [-0.15, -0.1) is 11.3 Å². The molecule has 2 nitrogen and oxygen atoms in total. The molecule has 1 saturated carbocycles. The van der Waals surface area contributed by atoms with E-state index in [2.05, 4.69) is 28.2 Å². The van der Waals surface area contributed by atoms with Gasteiger partial charge in [0.2, 0.25) is 0 Å². The van der Waals surface area contributed by atoms with E-state index >= 15 is 0 Å². The Hall–Kier alpha value is -0.350. The average molecular weight is 316 g/mol. The van der Waals surface area contributed by atoms with Gasteiger partial charge < -0.3 is 5.32 Å². The van der Waals surface area contributed by atoms with Crippen LogP contribution in [0.1, 0.15) is 47.8 Å². The highest BCUT2D eigenvalue weighted by atomic mass is 79.9. The number of carbonyl (C=O) groups excluding carboxylic acids is 1. The molecule has 1 aliphatic carbocycles. The van der Waals surface area contributed by atoms with Gasteiger partial charge in [-0.05, 0) is 60.2 Å². The van der Waals surface area contributed by atoms with Crippen LogP contribution in [0.15, 0.2) is 9.85 Å². The smallest absolute Gasteiger partial charge is 0.261 e. The number of thiophene rings is 1.